The second kappa shape index (κ2) is 10.9. The molecule has 0 atom stereocenters. The maximum atomic E-state index is 12.6. The molecule has 1 aliphatic heterocycles. The van der Waals surface area contributed by atoms with Crippen molar-refractivity contribution in [2.24, 2.45) is 0 Å². The highest BCUT2D eigenvalue weighted by molar-refractivity contribution is 7.80. The maximum Gasteiger partial charge on any atom is 0.257 e. The molecule has 1 fully saturated rings. The molecule has 2 aromatic carbocycles. The molecule has 2 N–H and O–H groups in total. The first kappa shape index (κ1) is 23.5. The van der Waals surface area contributed by atoms with Crippen LogP contribution in [0, 0.1) is 0 Å². The molecule has 3 rings (SSSR count). The summed E-state index contributed by atoms with van der Waals surface area (Å²) in [4.78, 5) is 28.6. The van der Waals surface area contributed by atoms with Gasteiger partial charge in [-0.25, -0.2) is 0 Å². The van der Waals surface area contributed by atoms with Crippen molar-refractivity contribution in [2.75, 3.05) is 36.4 Å². The molecule has 1 aliphatic rings. The van der Waals surface area contributed by atoms with Crippen molar-refractivity contribution < 1.29 is 14.3 Å². The summed E-state index contributed by atoms with van der Waals surface area (Å²) in [7, 11) is 0. The number of carbonyl (C=O) groups is 2. The molecular formula is C24H30N4O3S. The van der Waals surface area contributed by atoms with Crippen LogP contribution >= 0.6 is 12.2 Å². The Morgan fingerprint density at radius 3 is 2.31 bits per heavy atom. The van der Waals surface area contributed by atoms with Gasteiger partial charge in [-0.2, -0.15) is 0 Å². The molecule has 1 heterocycles. The van der Waals surface area contributed by atoms with Crippen LogP contribution in [0.1, 0.15) is 37.6 Å². The summed E-state index contributed by atoms with van der Waals surface area (Å²) < 4.78 is 5.61. The van der Waals surface area contributed by atoms with E-state index in [9.17, 15) is 9.59 Å². The summed E-state index contributed by atoms with van der Waals surface area (Å²) in [5.41, 5.74) is 2.30. The Kier molecular flexibility index (Phi) is 8.05. The van der Waals surface area contributed by atoms with Crippen LogP contribution < -0.4 is 20.3 Å². The SMILES string of the molecule is CCC(=O)N1CCN(c2ccccc2NC(=S)NC(=O)c2ccc(OC(C)C)cc2)CC1. The number of hydrogen-bond acceptors (Lipinski definition) is 5. The minimum absolute atomic E-state index is 0.0710. The van der Waals surface area contributed by atoms with Crippen molar-refractivity contribution in [1.29, 1.82) is 0 Å². The fourth-order valence-electron chi connectivity index (χ4n) is 3.56. The minimum Gasteiger partial charge on any atom is -0.491 e. The van der Waals surface area contributed by atoms with Gasteiger partial charge in [0.25, 0.3) is 5.91 Å². The van der Waals surface area contributed by atoms with Crippen molar-refractivity contribution in [1.82, 2.24) is 10.2 Å². The number of benzene rings is 2. The van der Waals surface area contributed by atoms with E-state index in [1.807, 2.05) is 49.9 Å². The van der Waals surface area contributed by atoms with E-state index in [0.717, 1.165) is 24.5 Å². The van der Waals surface area contributed by atoms with Crippen molar-refractivity contribution in [3.05, 3.63) is 54.1 Å². The van der Waals surface area contributed by atoms with Gasteiger partial charge in [0, 0.05) is 38.2 Å². The highest BCUT2D eigenvalue weighted by Crippen LogP contribution is 2.26. The number of nitrogens with zero attached hydrogens (tertiary/aromatic N) is 2. The van der Waals surface area contributed by atoms with Gasteiger partial charge in [0.1, 0.15) is 5.75 Å². The molecule has 0 radical (unpaired) electrons. The molecule has 7 nitrogen and oxygen atoms in total. The molecule has 0 aliphatic carbocycles. The Morgan fingerprint density at radius 2 is 1.69 bits per heavy atom. The third kappa shape index (κ3) is 6.20. The third-order valence-electron chi connectivity index (χ3n) is 5.14. The zero-order valence-electron chi connectivity index (χ0n) is 18.8. The highest BCUT2D eigenvalue weighted by Gasteiger charge is 2.22. The standard InChI is InChI=1S/C24H30N4O3S/c1-4-22(29)28-15-13-27(14-16-28)21-8-6-5-7-20(21)25-24(32)26-23(30)18-9-11-19(12-10-18)31-17(2)3/h5-12,17H,4,13-16H2,1-3H3,(H2,25,26,30,32). The molecule has 32 heavy (non-hydrogen) atoms. The number of rotatable bonds is 6. The molecule has 170 valence electrons. The van der Waals surface area contributed by atoms with Crippen LogP contribution in [0.25, 0.3) is 0 Å². The minimum atomic E-state index is -0.289. The number of para-hydroxylation sites is 2. The van der Waals surface area contributed by atoms with Crippen LogP contribution in [-0.4, -0.2) is 54.1 Å². The molecule has 0 spiro atoms. The predicted molar refractivity (Wildman–Crippen MR) is 131 cm³/mol. The van der Waals surface area contributed by atoms with Gasteiger partial charge in [-0.1, -0.05) is 19.1 Å². The van der Waals surface area contributed by atoms with E-state index in [-0.39, 0.29) is 23.0 Å². The monoisotopic (exact) mass is 454 g/mol. The van der Waals surface area contributed by atoms with Gasteiger partial charge in [0.2, 0.25) is 5.91 Å². The molecule has 1 saturated heterocycles. The molecular weight excluding hydrogens is 424 g/mol. The van der Waals surface area contributed by atoms with Crippen molar-refractivity contribution in [3.8, 4) is 5.75 Å². The van der Waals surface area contributed by atoms with E-state index >= 15 is 0 Å². The molecule has 8 heteroatoms. The van der Waals surface area contributed by atoms with Gasteiger partial charge < -0.3 is 19.9 Å². The van der Waals surface area contributed by atoms with Gasteiger partial charge in [-0.15, -0.1) is 0 Å². The highest BCUT2D eigenvalue weighted by atomic mass is 32.1. The van der Waals surface area contributed by atoms with Crippen LogP contribution in [0.15, 0.2) is 48.5 Å². The van der Waals surface area contributed by atoms with Crippen LogP contribution in [0.5, 0.6) is 5.75 Å². The number of piperazine rings is 1. The summed E-state index contributed by atoms with van der Waals surface area (Å²) in [6, 6.07) is 14.8. The van der Waals surface area contributed by atoms with Crippen molar-refractivity contribution >= 4 is 40.5 Å². The van der Waals surface area contributed by atoms with Gasteiger partial charge in [-0.05, 0) is 62.5 Å². The second-order valence-corrected chi connectivity index (χ2v) is 8.25. The average molecular weight is 455 g/mol. The van der Waals surface area contributed by atoms with Crippen LogP contribution in [0.3, 0.4) is 0 Å². The van der Waals surface area contributed by atoms with E-state index < -0.39 is 0 Å². The Bertz CT molecular complexity index is 954. The van der Waals surface area contributed by atoms with Gasteiger partial charge in [-0.3, -0.25) is 14.9 Å². The molecule has 0 bridgehead atoms. The quantitative estimate of drug-likeness (QED) is 0.649. The fraction of sp³-hybridized carbons (Fsp3) is 0.375. The molecule has 2 aromatic rings. The number of amides is 2. The van der Waals surface area contributed by atoms with E-state index in [2.05, 4.69) is 15.5 Å². The first-order valence-electron chi connectivity index (χ1n) is 10.9. The van der Waals surface area contributed by atoms with Gasteiger partial charge >= 0.3 is 0 Å². The summed E-state index contributed by atoms with van der Waals surface area (Å²) in [6.07, 6.45) is 0.598. The Hall–Kier alpha value is -3.13. The average Bonchev–Trinajstić information content (AvgIpc) is 2.79. The van der Waals surface area contributed by atoms with E-state index in [4.69, 9.17) is 17.0 Å². The van der Waals surface area contributed by atoms with Crippen LogP contribution in [0.4, 0.5) is 11.4 Å². The third-order valence-corrected chi connectivity index (χ3v) is 5.35. The summed E-state index contributed by atoms with van der Waals surface area (Å²) in [6.45, 7) is 8.66. The Labute approximate surface area is 194 Å². The Balaban J connectivity index is 1.60. The molecule has 0 unspecified atom stereocenters. The number of carbonyl (C=O) groups excluding carboxylic acids is 2. The lowest BCUT2D eigenvalue weighted by molar-refractivity contribution is -0.131. The molecule has 0 saturated carbocycles. The zero-order valence-corrected chi connectivity index (χ0v) is 19.6. The van der Waals surface area contributed by atoms with Crippen LogP contribution in [-0.2, 0) is 4.79 Å². The molecule has 0 aromatic heterocycles. The summed E-state index contributed by atoms with van der Waals surface area (Å²) in [5.74, 6) is 0.610. The lowest BCUT2D eigenvalue weighted by atomic mass is 10.2. The van der Waals surface area contributed by atoms with Gasteiger partial charge in [0.15, 0.2) is 5.11 Å². The van der Waals surface area contributed by atoms with Crippen LogP contribution in [0.2, 0.25) is 0 Å². The lowest BCUT2D eigenvalue weighted by Crippen LogP contribution is -2.48. The summed E-state index contributed by atoms with van der Waals surface area (Å²) >= 11 is 5.39. The second-order valence-electron chi connectivity index (χ2n) is 7.84. The number of nitrogens with one attached hydrogen (secondary N) is 2. The number of anilines is 2. The van der Waals surface area contributed by atoms with Gasteiger partial charge in [0.05, 0.1) is 17.5 Å². The summed E-state index contributed by atoms with van der Waals surface area (Å²) in [5, 5.41) is 6.10. The van der Waals surface area contributed by atoms with E-state index in [1.165, 1.54) is 0 Å². The van der Waals surface area contributed by atoms with Crippen molar-refractivity contribution in [2.45, 2.75) is 33.3 Å². The lowest BCUT2D eigenvalue weighted by Gasteiger charge is -2.37. The van der Waals surface area contributed by atoms with E-state index in [1.54, 1.807) is 24.3 Å². The van der Waals surface area contributed by atoms with Crippen molar-refractivity contribution in [3.63, 3.8) is 0 Å². The number of ether oxygens (including phenoxy) is 1. The maximum absolute atomic E-state index is 12.6. The van der Waals surface area contributed by atoms with E-state index in [0.29, 0.717) is 30.8 Å². The number of thiocarbonyl (C=S) groups is 1. The first-order valence-corrected chi connectivity index (χ1v) is 11.3. The normalized spacial score (nSPS) is 13.6. The smallest absolute Gasteiger partial charge is 0.257 e. The fourth-order valence-corrected chi connectivity index (χ4v) is 3.76. The number of hydrogen-bond donors (Lipinski definition) is 2. The zero-order chi connectivity index (χ0) is 23.1. The molecule has 2 amide bonds. The first-order chi connectivity index (χ1) is 15.4. The Morgan fingerprint density at radius 1 is 1.03 bits per heavy atom. The largest absolute Gasteiger partial charge is 0.491 e. The predicted octanol–water partition coefficient (Wildman–Crippen LogP) is 3.66. The topological polar surface area (TPSA) is 73.9 Å².